The minimum Gasteiger partial charge on any atom is -0.455 e. The van der Waals surface area contributed by atoms with E-state index in [9.17, 15) is 30.0 Å². The molecule has 0 amide bonds. The van der Waals surface area contributed by atoms with Gasteiger partial charge in [-0.15, -0.1) is 0 Å². The number of carbonyl (C=O) groups excluding carboxylic acids is 2. The van der Waals surface area contributed by atoms with Crippen molar-refractivity contribution in [1.82, 2.24) is 0 Å². The number of fused-ring (bicyclic) bond motifs is 1. The van der Waals surface area contributed by atoms with Gasteiger partial charge in [-0.1, -0.05) is 39.8 Å². The maximum atomic E-state index is 14.2. The molecular weight excluding hydrogens is 400 g/mol. The van der Waals surface area contributed by atoms with Gasteiger partial charge in [0.2, 0.25) is 0 Å². The Morgan fingerprint density at radius 1 is 1.26 bits per heavy atom. The van der Waals surface area contributed by atoms with Crippen molar-refractivity contribution in [1.29, 1.82) is 0 Å². The van der Waals surface area contributed by atoms with Crippen LogP contribution < -0.4 is 0 Å². The lowest BCUT2D eigenvalue weighted by Gasteiger charge is -2.48. The molecule has 0 saturated heterocycles. The van der Waals surface area contributed by atoms with E-state index in [1.54, 1.807) is 40.7 Å². The van der Waals surface area contributed by atoms with Crippen LogP contribution in [0.3, 0.4) is 0 Å². The van der Waals surface area contributed by atoms with Crippen LogP contribution in [0.2, 0.25) is 0 Å². The molecule has 3 rings (SSSR count). The summed E-state index contributed by atoms with van der Waals surface area (Å²) in [6, 6.07) is 0. The lowest BCUT2D eigenvalue weighted by atomic mass is 9.59. The van der Waals surface area contributed by atoms with Gasteiger partial charge in [-0.25, -0.2) is 0 Å². The standard InChI is InChI=1S/C24H36O7/c1-7-8-17(26)31-20-13(2)10-23-14(3)11-22(6,29)21(4,5)16(19(23)28)9-15(12-25)18(27)24(20,23)30/h9-10,14,16,18,20,25,27,29-30H,7-8,11-12H2,1-6H3/t14?,16?,18-,20?,22-,23?,24?/m1/s1. The largest absolute Gasteiger partial charge is 0.455 e. The average molecular weight is 437 g/mol. The number of carbonyl (C=O) groups is 2. The SMILES string of the molecule is CCCC(=O)OC1C(C)=CC23C(=O)C(C=C(CO)[C@@H](O)C12O)C(C)(C)[C@](C)(O)CC3C. The first-order valence-electron chi connectivity index (χ1n) is 11.1. The Balaban J connectivity index is 2.31. The van der Waals surface area contributed by atoms with Crippen LogP contribution in [0.4, 0.5) is 0 Å². The van der Waals surface area contributed by atoms with Crippen molar-refractivity contribution in [2.24, 2.45) is 22.7 Å². The van der Waals surface area contributed by atoms with Crippen LogP contribution in [0.5, 0.6) is 0 Å². The first-order chi connectivity index (χ1) is 14.2. The molecule has 0 aliphatic heterocycles. The molecule has 1 saturated carbocycles. The third kappa shape index (κ3) is 3.00. The topological polar surface area (TPSA) is 124 Å². The molecule has 7 nitrogen and oxygen atoms in total. The number of ketones is 1. The van der Waals surface area contributed by atoms with Gasteiger partial charge in [0.25, 0.3) is 0 Å². The van der Waals surface area contributed by atoms with Crippen molar-refractivity contribution >= 4 is 11.8 Å². The number of rotatable bonds is 4. The van der Waals surface area contributed by atoms with Crippen LogP contribution in [-0.2, 0) is 14.3 Å². The van der Waals surface area contributed by atoms with E-state index in [-0.39, 0.29) is 24.2 Å². The zero-order chi connectivity index (χ0) is 23.6. The number of aliphatic hydroxyl groups is 4. The Labute approximate surface area is 183 Å². The molecule has 0 heterocycles. The van der Waals surface area contributed by atoms with Gasteiger partial charge in [-0.3, -0.25) is 9.59 Å². The number of Topliss-reactive ketones (excluding diaryl/α,β-unsaturated/α-hetero) is 1. The van der Waals surface area contributed by atoms with Crippen LogP contribution in [0.15, 0.2) is 23.3 Å². The quantitative estimate of drug-likeness (QED) is 0.390. The fourth-order valence-electron chi connectivity index (χ4n) is 6.06. The summed E-state index contributed by atoms with van der Waals surface area (Å²) in [5.41, 5.74) is -5.44. The summed E-state index contributed by atoms with van der Waals surface area (Å²) in [6.07, 6.45) is 1.14. The van der Waals surface area contributed by atoms with Crippen molar-refractivity contribution < 1.29 is 34.8 Å². The van der Waals surface area contributed by atoms with Crippen molar-refractivity contribution in [3.63, 3.8) is 0 Å². The fraction of sp³-hybridized carbons (Fsp3) is 0.750. The summed E-state index contributed by atoms with van der Waals surface area (Å²) in [5, 5.41) is 45.0. The molecule has 0 aromatic carbocycles. The molecule has 7 atom stereocenters. The van der Waals surface area contributed by atoms with E-state index in [0.717, 1.165) is 0 Å². The molecule has 2 bridgehead atoms. The second-order valence-electron chi connectivity index (χ2n) is 10.4. The Hall–Kier alpha value is -1.54. The van der Waals surface area contributed by atoms with Crippen LogP contribution in [0.1, 0.15) is 60.8 Å². The minimum atomic E-state index is -2.20. The number of allylic oxidation sites excluding steroid dienone is 1. The first kappa shape index (κ1) is 24.1. The van der Waals surface area contributed by atoms with Crippen LogP contribution >= 0.6 is 0 Å². The van der Waals surface area contributed by atoms with Gasteiger partial charge < -0.3 is 25.2 Å². The lowest BCUT2D eigenvalue weighted by molar-refractivity contribution is -0.203. The zero-order valence-corrected chi connectivity index (χ0v) is 19.3. The van der Waals surface area contributed by atoms with E-state index >= 15 is 0 Å². The van der Waals surface area contributed by atoms with Gasteiger partial charge in [0.1, 0.15) is 6.10 Å². The smallest absolute Gasteiger partial charge is 0.306 e. The van der Waals surface area contributed by atoms with E-state index in [1.807, 2.05) is 6.92 Å². The maximum Gasteiger partial charge on any atom is 0.306 e. The average Bonchev–Trinajstić information content (AvgIpc) is 2.84. The summed E-state index contributed by atoms with van der Waals surface area (Å²) in [6.45, 7) is 9.94. The molecule has 4 N–H and O–H groups in total. The number of hydrogen-bond acceptors (Lipinski definition) is 7. The van der Waals surface area contributed by atoms with Gasteiger partial charge in [0.05, 0.1) is 17.6 Å². The van der Waals surface area contributed by atoms with E-state index in [0.29, 0.717) is 12.0 Å². The van der Waals surface area contributed by atoms with Gasteiger partial charge in [0.15, 0.2) is 17.5 Å². The molecule has 1 spiro atoms. The molecule has 0 aromatic heterocycles. The molecule has 1 fully saturated rings. The molecule has 7 heteroatoms. The summed E-state index contributed by atoms with van der Waals surface area (Å²) >= 11 is 0. The third-order valence-electron chi connectivity index (χ3n) is 8.30. The Bertz CT molecular complexity index is 839. The van der Waals surface area contributed by atoms with Crippen molar-refractivity contribution in [2.75, 3.05) is 6.61 Å². The predicted molar refractivity (Wildman–Crippen MR) is 114 cm³/mol. The lowest BCUT2D eigenvalue weighted by Crippen LogP contribution is -2.65. The molecule has 3 aliphatic rings. The van der Waals surface area contributed by atoms with Gasteiger partial charge in [-0.05, 0) is 43.8 Å². The molecule has 174 valence electrons. The van der Waals surface area contributed by atoms with Crippen LogP contribution in [0.25, 0.3) is 0 Å². The molecule has 31 heavy (non-hydrogen) atoms. The highest BCUT2D eigenvalue weighted by Crippen LogP contribution is 2.63. The van der Waals surface area contributed by atoms with E-state index < -0.39 is 58.7 Å². The predicted octanol–water partition coefficient (Wildman–Crippen LogP) is 1.67. The highest BCUT2D eigenvalue weighted by atomic mass is 16.6. The second-order valence-corrected chi connectivity index (χ2v) is 10.4. The third-order valence-corrected chi connectivity index (χ3v) is 8.30. The molecule has 0 aromatic rings. The first-order valence-corrected chi connectivity index (χ1v) is 11.1. The summed E-state index contributed by atoms with van der Waals surface area (Å²) in [5.74, 6) is -2.32. The Kier molecular flexibility index (Phi) is 5.84. The highest BCUT2D eigenvalue weighted by molar-refractivity contribution is 5.95. The highest BCUT2D eigenvalue weighted by Gasteiger charge is 2.74. The summed E-state index contributed by atoms with van der Waals surface area (Å²) < 4.78 is 5.64. The number of ether oxygens (including phenoxy) is 1. The molecule has 5 unspecified atom stereocenters. The van der Waals surface area contributed by atoms with E-state index in [1.165, 1.54) is 6.08 Å². The van der Waals surface area contributed by atoms with Crippen LogP contribution in [-0.4, -0.2) is 62.2 Å². The number of aliphatic hydroxyl groups excluding tert-OH is 2. The second kappa shape index (κ2) is 7.51. The van der Waals surface area contributed by atoms with Gasteiger partial charge in [0, 0.05) is 17.8 Å². The molecule has 3 aliphatic carbocycles. The van der Waals surface area contributed by atoms with Crippen molar-refractivity contribution in [2.45, 2.75) is 84.2 Å². The Morgan fingerprint density at radius 3 is 2.42 bits per heavy atom. The van der Waals surface area contributed by atoms with Gasteiger partial charge in [-0.2, -0.15) is 0 Å². The summed E-state index contributed by atoms with van der Waals surface area (Å²) in [7, 11) is 0. The Morgan fingerprint density at radius 2 is 1.87 bits per heavy atom. The normalized spacial score (nSPS) is 44.0. The number of hydrogen-bond donors (Lipinski definition) is 4. The van der Waals surface area contributed by atoms with E-state index in [2.05, 4.69) is 0 Å². The van der Waals surface area contributed by atoms with Gasteiger partial charge >= 0.3 is 5.97 Å². The van der Waals surface area contributed by atoms with Crippen molar-refractivity contribution in [3.05, 3.63) is 23.3 Å². The summed E-state index contributed by atoms with van der Waals surface area (Å²) in [4.78, 5) is 26.6. The monoisotopic (exact) mass is 436 g/mol. The van der Waals surface area contributed by atoms with Crippen molar-refractivity contribution in [3.8, 4) is 0 Å². The minimum absolute atomic E-state index is 0.0836. The fourth-order valence-corrected chi connectivity index (χ4v) is 6.06. The molecule has 0 radical (unpaired) electrons. The maximum absolute atomic E-state index is 14.2. The number of esters is 1. The van der Waals surface area contributed by atoms with Crippen LogP contribution in [0, 0.1) is 22.7 Å². The molecular formula is C24H36O7. The van der Waals surface area contributed by atoms with E-state index in [4.69, 9.17) is 4.74 Å². The zero-order valence-electron chi connectivity index (χ0n) is 19.3.